The fourth-order valence-electron chi connectivity index (χ4n) is 3.95. The summed E-state index contributed by atoms with van der Waals surface area (Å²) in [4.78, 5) is 2.64. The highest BCUT2D eigenvalue weighted by Crippen LogP contribution is 2.45. The first-order chi connectivity index (χ1) is 8.34. The average molecular weight is 245 g/mol. The quantitative estimate of drug-likeness (QED) is 0.776. The van der Waals surface area contributed by atoms with E-state index >= 15 is 0 Å². The molecule has 2 atom stereocenters. The molecule has 1 aliphatic heterocycles. The van der Waals surface area contributed by atoms with Gasteiger partial charge in [0.15, 0.2) is 0 Å². The summed E-state index contributed by atoms with van der Waals surface area (Å²) >= 11 is 0. The van der Waals surface area contributed by atoms with Crippen LogP contribution < -0.4 is 0 Å². The molecular formula is C17H27N. The summed E-state index contributed by atoms with van der Waals surface area (Å²) in [6.07, 6.45) is 1.21. The van der Waals surface area contributed by atoms with E-state index in [9.17, 15) is 0 Å². The minimum Gasteiger partial charge on any atom is -0.292 e. The van der Waals surface area contributed by atoms with Gasteiger partial charge < -0.3 is 0 Å². The molecule has 1 aliphatic rings. The third-order valence-corrected chi connectivity index (χ3v) is 4.73. The third kappa shape index (κ3) is 2.21. The number of hydrogen-bond donors (Lipinski definition) is 0. The van der Waals surface area contributed by atoms with Gasteiger partial charge in [-0.25, -0.2) is 0 Å². The van der Waals surface area contributed by atoms with Crippen molar-refractivity contribution in [2.75, 3.05) is 0 Å². The summed E-state index contributed by atoms with van der Waals surface area (Å²) < 4.78 is 0. The number of rotatable bonds is 3. The molecule has 1 heterocycles. The zero-order valence-electron chi connectivity index (χ0n) is 12.7. The topological polar surface area (TPSA) is 3.24 Å². The van der Waals surface area contributed by atoms with E-state index in [0.29, 0.717) is 17.6 Å². The lowest BCUT2D eigenvalue weighted by atomic mass is 9.67. The highest BCUT2D eigenvalue weighted by Gasteiger charge is 2.52. The van der Waals surface area contributed by atoms with Crippen molar-refractivity contribution in [1.82, 2.24) is 4.90 Å². The number of nitrogens with zero attached hydrogens (tertiary/aromatic N) is 1. The Kier molecular flexibility index (Phi) is 3.55. The smallest absolute Gasteiger partial charge is 0.0205 e. The predicted molar refractivity (Wildman–Crippen MR) is 78.9 cm³/mol. The molecule has 18 heavy (non-hydrogen) atoms. The molecule has 100 valence electrons. The monoisotopic (exact) mass is 245 g/mol. The Morgan fingerprint density at radius 1 is 1.17 bits per heavy atom. The molecule has 1 aromatic carbocycles. The Bertz CT molecular complexity index is 402. The van der Waals surface area contributed by atoms with Crippen LogP contribution in [0.3, 0.4) is 0 Å². The minimum absolute atomic E-state index is 0.332. The van der Waals surface area contributed by atoms with Crippen molar-refractivity contribution in [1.29, 1.82) is 0 Å². The van der Waals surface area contributed by atoms with Crippen LogP contribution in [0.1, 0.15) is 45.7 Å². The Morgan fingerprint density at radius 2 is 1.72 bits per heavy atom. The van der Waals surface area contributed by atoms with Crippen LogP contribution in [0.25, 0.3) is 0 Å². The van der Waals surface area contributed by atoms with Gasteiger partial charge in [-0.3, -0.25) is 4.90 Å². The van der Waals surface area contributed by atoms with Crippen molar-refractivity contribution in [3.8, 4) is 0 Å². The molecule has 1 saturated heterocycles. The maximum Gasteiger partial charge on any atom is 0.0205 e. The average Bonchev–Trinajstić information content (AvgIpc) is 2.27. The van der Waals surface area contributed by atoms with E-state index in [1.807, 2.05) is 0 Å². The van der Waals surface area contributed by atoms with Crippen molar-refractivity contribution in [3.63, 3.8) is 0 Å². The van der Waals surface area contributed by atoms with Gasteiger partial charge in [-0.15, -0.1) is 0 Å². The van der Waals surface area contributed by atoms with E-state index in [0.717, 1.165) is 5.92 Å². The molecule has 0 amide bonds. The number of aryl methyl sites for hydroxylation is 1. The van der Waals surface area contributed by atoms with Crippen molar-refractivity contribution in [2.24, 2.45) is 5.92 Å². The van der Waals surface area contributed by atoms with Crippen LogP contribution in [0.4, 0.5) is 0 Å². The highest BCUT2D eigenvalue weighted by molar-refractivity contribution is 5.24. The number of benzene rings is 1. The highest BCUT2D eigenvalue weighted by atomic mass is 15.3. The first-order valence-electron chi connectivity index (χ1n) is 7.18. The van der Waals surface area contributed by atoms with Crippen molar-refractivity contribution < 1.29 is 0 Å². The Balaban J connectivity index is 2.09. The number of likely N-dealkylation sites (tertiary alicyclic amines) is 1. The summed E-state index contributed by atoms with van der Waals surface area (Å²) in [5.41, 5.74) is 3.16. The Hall–Kier alpha value is -0.820. The molecule has 2 rings (SSSR count). The predicted octanol–water partition coefficient (Wildman–Crippen LogP) is 4.04. The maximum absolute atomic E-state index is 2.64. The second-order valence-electron chi connectivity index (χ2n) is 6.69. The molecular weight excluding hydrogens is 218 g/mol. The van der Waals surface area contributed by atoms with Gasteiger partial charge in [-0.05, 0) is 59.4 Å². The van der Waals surface area contributed by atoms with Crippen LogP contribution in [0.15, 0.2) is 24.3 Å². The van der Waals surface area contributed by atoms with E-state index < -0.39 is 0 Å². The lowest BCUT2D eigenvalue weighted by Crippen LogP contribution is -2.71. The Morgan fingerprint density at radius 3 is 2.17 bits per heavy atom. The first-order valence-corrected chi connectivity index (χ1v) is 7.18. The summed E-state index contributed by atoms with van der Waals surface area (Å²) in [5, 5.41) is 0. The van der Waals surface area contributed by atoms with Gasteiger partial charge in [0.1, 0.15) is 0 Å². The zero-order chi connectivity index (χ0) is 13.5. The molecule has 0 aromatic heterocycles. The molecule has 1 heteroatoms. The van der Waals surface area contributed by atoms with Crippen molar-refractivity contribution >= 4 is 0 Å². The zero-order valence-corrected chi connectivity index (χ0v) is 12.7. The molecule has 2 unspecified atom stereocenters. The fraction of sp³-hybridized carbons (Fsp3) is 0.647. The normalized spacial score (nSPS) is 27.3. The largest absolute Gasteiger partial charge is 0.292 e. The molecule has 0 aliphatic carbocycles. The van der Waals surface area contributed by atoms with E-state index in [2.05, 4.69) is 70.7 Å². The summed E-state index contributed by atoms with van der Waals surface area (Å²) in [7, 11) is 0. The molecule has 0 saturated carbocycles. The van der Waals surface area contributed by atoms with E-state index in [1.165, 1.54) is 17.5 Å². The van der Waals surface area contributed by atoms with Crippen LogP contribution in [-0.2, 0) is 6.42 Å². The van der Waals surface area contributed by atoms with Crippen LogP contribution in [-0.4, -0.2) is 22.5 Å². The van der Waals surface area contributed by atoms with Gasteiger partial charge in [0.2, 0.25) is 0 Å². The molecule has 1 nitrogen and oxygen atoms in total. The van der Waals surface area contributed by atoms with E-state index in [4.69, 9.17) is 0 Å². The van der Waals surface area contributed by atoms with Gasteiger partial charge >= 0.3 is 0 Å². The SMILES string of the molecule is Cc1ccc(CC2C(C)N(C(C)C)C2(C)C)cc1. The van der Waals surface area contributed by atoms with Gasteiger partial charge in [0, 0.05) is 17.6 Å². The summed E-state index contributed by atoms with van der Waals surface area (Å²) in [5.74, 6) is 0.766. The first kappa shape index (κ1) is 13.6. The molecule has 0 radical (unpaired) electrons. The molecule has 0 N–H and O–H groups in total. The van der Waals surface area contributed by atoms with Gasteiger partial charge in [0.25, 0.3) is 0 Å². The lowest BCUT2D eigenvalue weighted by molar-refractivity contribution is -0.129. The van der Waals surface area contributed by atoms with Crippen molar-refractivity contribution in [3.05, 3.63) is 35.4 Å². The van der Waals surface area contributed by atoms with Gasteiger partial charge in [0.05, 0.1) is 0 Å². The standard InChI is InChI=1S/C17H27N/c1-12(2)18-14(4)16(17(18,5)6)11-15-9-7-13(3)8-10-15/h7-10,12,14,16H,11H2,1-6H3. The molecule has 0 bridgehead atoms. The molecule has 0 spiro atoms. The van der Waals surface area contributed by atoms with Gasteiger partial charge in [-0.2, -0.15) is 0 Å². The minimum atomic E-state index is 0.332. The molecule has 1 aromatic rings. The van der Waals surface area contributed by atoms with E-state index in [1.54, 1.807) is 0 Å². The van der Waals surface area contributed by atoms with Crippen LogP contribution in [0.5, 0.6) is 0 Å². The van der Waals surface area contributed by atoms with E-state index in [-0.39, 0.29) is 0 Å². The Labute approximate surface area is 112 Å². The van der Waals surface area contributed by atoms with Crippen LogP contribution in [0, 0.1) is 12.8 Å². The lowest BCUT2D eigenvalue weighted by Gasteiger charge is -2.63. The summed E-state index contributed by atoms with van der Waals surface area (Å²) in [6, 6.07) is 10.4. The molecule has 1 fully saturated rings. The van der Waals surface area contributed by atoms with Crippen LogP contribution >= 0.6 is 0 Å². The van der Waals surface area contributed by atoms with Crippen LogP contribution in [0.2, 0.25) is 0 Å². The fourth-order valence-corrected chi connectivity index (χ4v) is 3.95. The number of hydrogen-bond acceptors (Lipinski definition) is 1. The second kappa shape index (κ2) is 4.70. The maximum atomic E-state index is 2.64. The van der Waals surface area contributed by atoms with Gasteiger partial charge in [-0.1, -0.05) is 29.8 Å². The second-order valence-corrected chi connectivity index (χ2v) is 6.69. The third-order valence-electron chi connectivity index (χ3n) is 4.73. The van der Waals surface area contributed by atoms with Crippen molar-refractivity contribution in [2.45, 2.75) is 65.6 Å². The summed E-state index contributed by atoms with van der Waals surface area (Å²) in [6.45, 7) is 13.9.